The van der Waals surface area contributed by atoms with Gasteiger partial charge in [-0.15, -0.1) is 0 Å². The molecule has 1 N–H and O–H groups in total. The predicted octanol–water partition coefficient (Wildman–Crippen LogP) is 3.11. The van der Waals surface area contributed by atoms with Crippen molar-refractivity contribution in [1.29, 1.82) is 0 Å². The quantitative estimate of drug-likeness (QED) is 0.844. The van der Waals surface area contributed by atoms with Gasteiger partial charge in [-0.2, -0.15) is 0 Å². The number of benzene rings is 1. The smallest absolute Gasteiger partial charge is 0.237 e. The first-order valence-corrected chi connectivity index (χ1v) is 7.77. The van der Waals surface area contributed by atoms with Crippen molar-refractivity contribution >= 4 is 21.8 Å². The highest BCUT2D eigenvalue weighted by Crippen LogP contribution is 2.32. The number of likely N-dealkylation sites (tertiary alicyclic amines) is 1. The van der Waals surface area contributed by atoms with E-state index in [0.717, 1.165) is 36.8 Å². The van der Waals surface area contributed by atoms with Gasteiger partial charge >= 0.3 is 0 Å². The Hall–Kier alpha value is -0.870. The average molecular weight is 325 g/mol. The molecule has 1 aromatic rings. The van der Waals surface area contributed by atoms with Crippen molar-refractivity contribution in [2.45, 2.75) is 32.2 Å². The fourth-order valence-corrected chi connectivity index (χ4v) is 3.02. The number of nitrogens with one attached hydrogen (secondary N) is 1. The first kappa shape index (κ1) is 14.5. The maximum absolute atomic E-state index is 12.2. The van der Waals surface area contributed by atoms with E-state index in [1.54, 1.807) is 0 Å². The van der Waals surface area contributed by atoms with Crippen molar-refractivity contribution in [3.63, 3.8) is 0 Å². The van der Waals surface area contributed by atoms with Crippen LogP contribution in [0.4, 0.5) is 0 Å². The first-order valence-electron chi connectivity index (χ1n) is 6.98. The second-order valence-corrected chi connectivity index (χ2v) is 5.89. The van der Waals surface area contributed by atoms with Crippen molar-refractivity contribution in [3.05, 3.63) is 34.3 Å². The molecular weight excluding hydrogens is 304 g/mol. The zero-order valence-electron chi connectivity index (χ0n) is 11.4. The lowest BCUT2D eigenvalue weighted by Gasteiger charge is -2.25. The molecule has 0 radical (unpaired) electrons. The molecular formula is C15H21BrN2O. The van der Waals surface area contributed by atoms with E-state index in [1.807, 2.05) is 17.0 Å². The van der Waals surface area contributed by atoms with Crippen LogP contribution in [0.2, 0.25) is 0 Å². The van der Waals surface area contributed by atoms with Crippen LogP contribution in [0.3, 0.4) is 0 Å². The van der Waals surface area contributed by atoms with E-state index in [2.05, 4.69) is 40.3 Å². The third kappa shape index (κ3) is 3.80. The van der Waals surface area contributed by atoms with Crippen LogP contribution in [0, 0.1) is 0 Å². The van der Waals surface area contributed by atoms with Gasteiger partial charge in [0.25, 0.3) is 0 Å². The highest BCUT2D eigenvalue weighted by Gasteiger charge is 2.29. The SMILES string of the molecule is CCCNCC(=O)N1CCCC1c1cccc(Br)c1. The number of rotatable bonds is 5. The van der Waals surface area contributed by atoms with Crippen LogP contribution in [0.25, 0.3) is 0 Å². The molecule has 0 aromatic heterocycles. The normalized spacial score (nSPS) is 18.8. The average Bonchev–Trinajstić information content (AvgIpc) is 2.88. The lowest BCUT2D eigenvalue weighted by atomic mass is 10.0. The van der Waals surface area contributed by atoms with Gasteiger partial charge in [-0.05, 0) is 43.5 Å². The number of halogens is 1. The van der Waals surface area contributed by atoms with Crippen LogP contribution in [-0.4, -0.2) is 30.4 Å². The molecule has 1 unspecified atom stereocenters. The summed E-state index contributed by atoms with van der Waals surface area (Å²) in [4.78, 5) is 14.3. The molecule has 1 aromatic carbocycles. The minimum absolute atomic E-state index is 0.218. The Labute approximate surface area is 123 Å². The van der Waals surface area contributed by atoms with Gasteiger partial charge in [0.15, 0.2) is 0 Å². The third-order valence-electron chi connectivity index (χ3n) is 3.51. The predicted molar refractivity (Wildman–Crippen MR) is 81.0 cm³/mol. The van der Waals surface area contributed by atoms with Crippen LogP contribution in [-0.2, 0) is 4.79 Å². The van der Waals surface area contributed by atoms with E-state index in [4.69, 9.17) is 0 Å². The molecule has 1 heterocycles. The van der Waals surface area contributed by atoms with Gasteiger partial charge in [-0.1, -0.05) is 35.0 Å². The maximum Gasteiger partial charge on any atom is 0.237 e. The lowest BCUT2D eigenvalue weighted by molar-refractivity contribution is -0.131. The summed E-state index contributed by atoms with van der Waals surface area (Å²) in [6.07, 6.45) is 3.22. The Morgan fingerprint density at radius 2 is 2.37 bits per heavy atom. The van der Waals surface area contributed by atoms with E-state index in [0.29, 0.717) is 6.54 Å². The van der Waals surface area contributed by atoms with E-state index < -0.39 is 0 Å². The molecule has 2 rings (SSSR count). The summed E-state index contributed by atoms with van der Waals surface area (Å²) in [6, 6.07) is 8.53. The van der Waals surface area contributed by atoms with Crippen LogP contribution in [0.15, 0.2) is 28.7 Å². The summed E-state index contributed by atoms with van der Waals surface area (Å²) < 4.78 is 1.08. The largest absolute Gasteiger partial charge is 0.335 e. The first-order chi connectivity index (χ1) is 9.22. The van der Waals surface area contributed by atoms with Gasteiger partial charge in [0.2, 0.25) is 5.91 Å². The maximum atomic E-state index is 12.2. The molecule has 4 heteroatoms. The fraction of sp³-hybridized carbons (Fsp3) is 0.533. The van der Waals surface area contributed by atoms with Gasteiger partial charge in [0.05, 0.1) is 12.6 Å². The number of carbonyl (C=O) groups excluding carboxylic acids is 1. The molecule has 0 bridgehead atoms. The van der Waals surface area contributed by atoms with Crippen LogP contribution < -0.4 is 5.32 Å². The third-order valence-corrected chi connectivity index (χ3v) is 4.00. The molecule has 104 valence electrons. The number of nitrogens with zero attached hydrogens (tertiary/aromatic N) is 1. The van der Waals surface area contributed by atoms with E-state index in [1.165, 1.54) is 5.56 Å². The molecule has 0 saturated carbocycles. The summed E-state index contributed by atoms with van der Waals surface area (Å²) in [5.41, 5.74) is 1.23. The Balaban J connectivity index is 2.02. The monoisotopic (exact) mass is 324 g/mol. The molecule has 3 nitrogen and oxygen atoms in total. The second kappa shape index (κ2) is 7.06. The zero-order valence-corrected chi connectivity index (χ0v) is 12.9. The molecule has 1 aliphatic rings. The molecule has 0 spiro atoms. The molecule has 0 aliphatic carbocycles. The highest BCUT2D eigenvalue weighted by molar-refractivity contribution is 9.10. The molecule has 1 atom stereocenters. The number of hydrogen-bond donors (Lipinski definition) is 1. The van der Waals surface area contributed by atoms with Gasteiger partial charge in [-0.3, -0.25) is 4.79 Å². The van der Waals surface area contributed by atoms with Gasteiger partial charge in [-0.25, -0.2) is 0 Å². The Bertz CT molecular complexity index is 436. The summed E-state index contributed by atoms with van der Waals surface area (Å²) in [5, 5.41) is 3.19. The molecule has 19 heavy (non-hydrogen) atoms. The van der Waals surface area contributed by atoms with Gasteiger partial charge in [0, 0.05) is 11.0 Å². The Morgan fingerprint density at radius 1 is 1.53 bits per heavy atom. The number of carbonyl (C=O) groups is 1. The van der Waals surface area contributed by atoms with Gasteiger partial charge < -0.3 is 10.2 Å². The minimum atomic E-state index is 0.218. The van der Waals surface area contributed by atoms with E-state index >= 15 is 0 Å². The van der Waals surface area contributed by atoms with E-state index in [-0.39, 0.29) is 11.9 Å². The van der Waals surface area contributed by atoms with Crippen LogP contribution in [0.5, 0.6) is 0 Å². The van der Waals surface area contributed by atoms with Crippen LogP contribution in [0.1, 0.15) is 37.8 Å². The minimum Gasteiger partial charge on any atom is -0.335 e. The van der Waals surface area contributed by atoms with Crippen molar-refractivity contribution < 1.29 is 4.79 Å². The van der Waals surface area contributed by atoms with E-state index in [9.17, 15) is 4.79 Å². The van der Waals surface area contributed by atoms with Crippen molar-refractivity contribution in [3.8, 4) is 0 Å². The molecule has 1 saturated heterocycles. The Morgan fingerprint density at radius 3 is 3.11 bits per heavy atom. The highest BCUT2D eigenvalue weighted by atomic mass is 79.9. The molecule has 1 aliphatic heterocycles. The lowest BCUT2D eigenvalue weighted by Crippen LogP contribution is -2.38. The number of hydrogen-bond acceptors (Lipinski definition) is 2. The van der Waals surface area contributed by atoms with Crippen molar-refractivity contribution in [2.75, 3.05) is 19.6 Å². The van der Waals surface area contributed by atoms with Crippen molar-refractivity contribution in [1.82, 2.24) is 10.2 Å². The van der Waals surface area contributed by atoms with Crippen molar-refractivity contribution in [2.24, 2.45) is 0 Å². The summed E-state index contributed by atoms with van der Waals surface area (Å²) in [6.45, 7) is 4.35. The number of amides is 1. The summed E-state index contributed by atoms with van der Waals surface area (Å²) in [7, 11) is 0. The Kier molecular flexibility index (Phi) is 5.40. The summed E-state index contributed by atoms with van der Waals surface area (Å²) >= 11 is 3.50. The standard InChI is InChI=1S/C15H21BrN2O/c1-2-8-17-11-15(19)18-9-4-7-14(18)12-5-3-6-13(16)10-12/h3,5-6,10,14,17H,2,4,7-9,11H2,1H3. The zero-order chi connectivity index (χ0) is 13.7. The van der Waals surface area contributed by atoms with Gasteiger partial charge in [0.1, 0.15) is 0 Å². The second-order valence-electron chi connectivity index (χ2n) is 4.98. The van der Waals surface area contributed by atoms with Crippen LogP contribution >= 0.6 is 15.9 Å². The molecule has 1 amide bonds. The summed E-state index contributed by atoms with van der Waals surface area (Å²) in [5.74, 6) is 0.218. The fourth-order valence-electron chi connectivity index (χ4n) is 2.60. The molecule has 1 fully saturated rings. The topological polar surface area (TPSA) is 32.3 Å².